The molecule has 4 nitrogen and oxygen atoms in total. The van der Waals surface area contributed by atoms with Gasteiger partial charge in [-0.3, -0.25) is 9.48 Å². The lowest BCUT2D eigenvalue weighted by Gasteiger charge is -2.06. The predicted octanol–water partition coefficient (Wildman–Crippen LogP) is 1.81. The fourth-order valence-electron chi connectivity index (χ4n) is 1.47. The van der Waals surface area contributed by atoms with Crippen molar-refractivity contribution in [1.29, 1.82) is 0 Å². The van der Waals surface area contributed by atoms with Crippen LogP contribution in [0.3, 0.4) is 0 Å². The third kappa shape index (κ3) is 2.40. The van der Waals surface area contributed by atoms with Crippen LogP contribution in [0.25, 0.3) is 0 Å². The van der Waals surface area contributed by atoms with Crippen molar-refractivity contribution in [1.82, 2.24) is 15.1 Å². The van der Waals surface area contributed by atoms with Gasteiger partial charge >= 0.3 is 0 Å². The van der Waals surface area contributed by atoms with Crippen molar-refractivity contribution in [3.05, 3.63) is 16.4 Å². The molecule has 1 amide bonds. The summed E-state index contributed by atoms with van der Waals surface area (Å²) in [6, 6.07) is 0. The van der Waals surface area contributed by atoms with Crippen molar-refractivity contribution in [2.24, 2.45) is 5.92 Å². The Balaban J connectivity index is 2.05. The van der Waals surface area contributed by atoms with Crippen molar-refractivity contribution in [2.75, 3.05) is 6.54 Å². The molecule has 0 atom stereocenters. The molecule has 1 aliphatic rings. The monoisotopic (exact) mass is 271 g/mol. The lowest BCUT2D eigenvalue weighted by Crippen LogP contribution is -2.28. The average molecular weight is 272 g/mol. The first kappa shape index (κ1) is 10.7. The highest BCUT2D eigenvalue weighted by Gasteiger charge is 2.23. The van der Waals surface area contributed by atoms with E-state index >= 15 is 0 Å². The Labute approximate surface area is 97.2 Å². The van der Waals surface area contributed by atoms with E-state index in [0.29, 0.717) is 18.2 Å². The molecule has 1 aliphatic carbocycles. The molecule has 82 valence electrons. The number of aromatic nitrogens is 2. The molecule has 15 heavy (non-hydrogen) atoms. The summed E-state index contributed by atoms with van der Waals surface area (Å²) in [5, 5.41) is 7.04. The fraction of sp³-hybridized carbons (Fsp3) is 0.600. The fourth-order valence-corrected chi connectivity index (χ4v) is 1.95. The van der Waals surface area contributed by atoms with Crippen molar-refractivity contribution in [3.63, 3.8) is 0 Å². The smallest absolute Gasteiger partial charge is 0.270 e. The van der Waals surface area contributed by atoms with E-state index in [-0.39, 0.29) is 5.91 Å². The molecule has 0 radical (unpaired) electrons. The van der Waals surface area contributed by atoms with E-state index in [1.807, 2.05) is 6.92 Å². The number of nitrogens with zero attached hydrogens (tertiary/aromatic N) is 2. The van der Waals surface area contributed by atoms with Gasteiger partial charge in [0.05, 0.1) is 10.7 Å². The van der Waals surface area contributed by atoms with E-state index in [9.17, 15) is 4.79 Å². The van der Waals surface area contributed by atoms with Gasteiger partial charge in [0.15, 0.2) is 0 Å². The molecule has 0 aromatic carbocycles. The number of carbonyl (C=O) groups is 1. The summed E-state index contributed by atoms with van der Waals surface area (Å²) in [6.45, 7) is 3.47. The van der Waals surface area contributed by atoms with Crippen LogP contribution < -0.4 is 5.32 Å². The molecule has 0 unspecified atom stereocenters. The van der Waals surface area contributed by atoms with Crippen LogP contribution >= 0.6 is 15.9 Å². The largest absolute Gasteiger partial charge is 0.350 e. The van der Waals surface area contributed by atoms with Gasteiger partial charge in [-0.05, 0) is 41.6 Å². The van der Waals surface area contributed by atoms with E-state index in [1.54, 1.807) is 10.9 Å². The molecule has 1 aromatic heterocycles. The summed E-state index contributed by atoms with van der Waals surface area (Å²) < 4.78 is 2.46. The summed E-state index contributed by atoms with van der Waals surface area (Å²) in [5.41, 5.74) is 0.623. The van der Waals surface area contributed by atoms with Crippen LogP contribution in [0.4, 0.5) is 0 Å². The number of amides is 1. The third-order valence-corrected chi connectivity index (χ3v) is 3.14. The van der Waals surface area contributed by atoms with Gasteiger partial charge in [-0.25, -0.2) is 0 Å². The molecule has 1 saturated carbocycles. The number of rotatable bonds is 4. The molecule has 2 rings (SSSR count). The first-order valence-corrected chi connectivity index (χ1v) is 6.01. The van der Waals surface area contributed by atoms with Crippen LogP contribution in [-0.4, -0.2) is 22.2 Å². The van der Waals surface area contributed by atoms with Crippen LogP contribution in [0.5, 0.6) is 0 Å². The predicted molar refractivity (Wildman–Crippen MR) is 60.7 cm³/mol. The van der Waals surface area contributed by atoms with Crippen molar-refractivity contribution < 1.29 is 4.79 Å². The summed E-state index contributed by atoms with van der Waals surface area (Å²) in [7, 11) is 0. The van der Waals surface area contributed by atoms with Crippen LogP contribution in [-0.2, 0) is 6.54 Å². The topological polar surface area (TPSA) is 46.9 Å². The van der Waals surface area contributed by atoms with E-state index in [4.69, 9.17) is 0 Å². The summed E-state index contributed by atoms with van der Waals surface area (Å²) in [4.78, 5) is 11.8. The maximum Gasteiger partial charge on any atom is 0.270 e. The molecular weight excluding hydrogens is 258 g/mol. The van der Waals surface area contributed by atoms with Gasteiger partial charge in [-0.2, -0.15) is 5.10 Å². The second-order valence-electron chi connectivity index (χ2n) is 3.81. The van der Waals surface area contributed by atoms with Crippen molar-refractivity contribution >= 4 is 21.8 Å². The van der Waals surface area contributed by atoms with Gasteiger partial charge in [0.1, 0.15) is 5.69 Å². The average Bonchev–Trinajstić information content (AvgIpc) is 2.98. The molecule has 0 aliphatic heterocycles. The zero-order valence-corrected chi connectivity index (χ0v) is 10.2. The number of hydrogen-bond donors (Lipinski definition) is 1. The lowest BCUT2D eigenvalue weighted by molar-refractivity contribution is 0.0940. The van der Waals surface area contributed by atoms with Crippen LogP contribution in [0, 0.1) is 5.92 Å². The molecule has 1 aromatic rings. The van der Waals surface area contributed by atoms with E-state index in [0.717, 1.165) is 11.0 Å². The molecule has 0 saturated heterocycles. The third-order valence-electron chi connectivity index (χ3n) is 2.56. The second-order valence-corrected chi connectivity index (χ2v) is 4.66. The first-order chi connectivity index (χ1) is 7.22. The van der Waals surface area contributed by atoms with Crippen molar-refractivity contribution in [3.8, 4) is 0 Å². The van der Waals surface area contributed by atoms with Crippen molar-refractivity contribution in [2.45, 2.75) is 26.3 Å². The number of aryl methyl sites for hydroxylation is 1. The quantitative estimate of drug-likeness (QED) is 0.908. The lowest BCUT2D eigenvalue weighted by atomic mass is 10.3. The minimum absolute atomic E-state index is 0.0341. The second kappa shape index (κ2) is 4.35. The molecule has 1 N–H and O–H groups in total. The number of hydrogen-bond acceptors (Lipinski definition) is 2. The summed E-state index contributed by atoms with van der Waals surface area (Å²) in [5.74, 6) is 0.666. The van der Waals surface area contributed by atoms with Crippen LogP contribution in [0.1, 0.15) is 30.3 Å². The Morgan fingerprint density at radius 1 is 1.73 bits per heavy atom. The molecule has 5 heteroatoms. The summed E-state index contributed by atoms with van der Waals surface area (Å²) >= 11 is 3.34. The highest BCUT2D eigenvalue weighted by atomic mass is 79.9. The highest BCUT2D eigenvalue weighted by Crippen LogP contribution is 2.27. The molecule has 1 heterocycles. The molecular formula is C10H14BrN3O. The Kier molecular flexibility index (Phi) is 3.09. The SMILES string of the molecule is CCn1ncc(Br)c1C(=O)NCC1CC1. The number of nitrogens with one attached hydrogen (secondary N) is 1. The Morgan fingerprint density at radius 2 is 2.47 bits per heavy atom. The van der Waals surface area contributed by atoms with Gasteiger partial charge in [-0.15, -0.1) is 0 Å². The Hall–Kier alpha value is -0.840. The van der Waals surface area contributed by atoms with E-state index in [1.165, 1.54) is 12.8 Å². The van der Waals surface area contributed by atoms with Gasteiger partial charge in [0, 0.05) is 13.1 Å². The minimum atomic E-state index is -0.0341. The Morgan fingerprint density at radius 3 is 3.07 bits per heavy atom. The van der Waals surface area contributed by atoms with Gasteiger partial charge in [-0.1, -0.05) is 0 Å². The maximum atomic E-state index is 11.8. The number of carbonyl (C=O) groups excluding carboxylic acids is 1. The highest BCUT2D eigenvalue weighted by molar-refractivity contribution is 9.10. The van der Waals surface area contributed by atoms with E-state index < -0.39 is 0 Å². The van der Waals surface area contributed by atoms with Gasteiger partial charge < -0.3 is 5.32 Å². The van der Waals surface area contributed by atoms with E-state index in [2.05, 4.69) is 26.3 Å². The van der Waals surface area contributed by atoms with Gasteiger partial charge in [0.25, 0.3) is 5.91 Å². The van der Waals surface area contributed by atoms with Crippen LogP contribution in [0.2, 0.25) is 0 Å². The Bertz CT molecular complexity index is 371. The minimum Gasteiger partial charge on any atom is -0.350 e. The summed E-state index contributed by atoms with van der Waals surface area (Å²) in [6.07, 6.45) is 4.15. The van der Waals surface area contributed by atoms with Gasteiger partial charge in [0.2, 0.25) is 0 Å². The normalized spacial score (nSPS) is 15.3. The molecule has 1 fully saturated rings. The van der Waals surface area contributed by atoms with Crippen LogP contribution in [0.15, 0.2) is 10.7 Å². The molecule has 0 bridgehead atoms. The first-order valence-electron chi connectivity index (χ1n) is 5.22. The number of halogens is 1. The molecule has 0 spiro atoms. The maximum absolute atomic E-state index is 11.8. The zero-order chi connectivity index (χ0) is 10.8. The zero-order valence-electron chi connectivity index (χ0n) is 8.66. The standard InChI is InChI=1S/C10H14BrN3O/c1-2-14-9(8(11)6-13-14)10(15)12-5-7-3-4-7/h6-7H,2-5H2,1H3,(H,12,15).